The Hall–Kier alpha value is -0.610. The topological polar surface area (TPSA) is 49.6 Å². The molecule has 1 unspecified atom stereocenters. The third kappa shape index (κ3) is 2.86. The van der Waals surface area contributed by atoms with Crippen LogP contribution in [0.4, 0.5) is 0 Å². The monoisotopic (exact) mass is 255 g/mol. The second-order valence-electron chi connectivity index (χ2n) is 5.49. The number of carbonyl (C=O) groups is 1. The zero-order chi connectivity index (χ0) is 13.8. The molecule has 1 saturated heterocycles. The van der Waals surface area contributed by atoms with Crippen LogP contribution in [0.5, 0.6) is 0 Å². The smallest absolute Gasteiger partial charge is 0.230 e. The van der Waals surface area contributed by atoms with Gasteiger partial charge in [-0.15, -0.1) is 0 Å². The highest BCUT2D eigenvalue weighted by molar-refractivity contribution is 5.83. The molecular formula is C14H29N3O. The zero-order valence-electron chi connectivity index (χ0n) is 12.4. The maximum atomic E-state index is 12.7. The van der Waals surface area contributed by atoms with Crippen LogP contribution in [0.1, 0.15) is 40.0 Å². The number of hydrogen-bond acceptors (Lipinski definition) is 3. The Morgan fingerprint density at radius 3 is 2.33 bits per heavy atom. The van der Waals surface area contributed by atoms with Gasteiger partial charge in [0.25, 0.3) is 0 Å². The summed E-state index contributed by atoms with van der Waals surface area (Å²) < 4.78 is 0. The number of piperazine rings is 1. The molecule has 1 heterocycles. The number of carbonyl (C=O) groups excluding carboxylic acids is 1. The molecule has 0 spiro atoms. The Balaban J connectivity index is 2.77. The first-order valence-corrected chi connectivity index (χ1v) is 7.24. The summed E-state index contributed by atoms with van der Waals surface area (Å²) in [6, 6.07) is 0.492. The van der Waals surface area contributed by atoms with Crippen LogP contribution in [0.2, 0.25) is 0 Å². The summed E-state index contributed by atoms with van der Waals surface area (Å²) in [4.78, 5) is 17.1. The van der Waals surface area contributed by atoms with Crippen molar-refractivity contribution in [3.8, 4) is 0 Å². The van der Waals surface area contributed by atoms with E-state index in [1.807, 2.05) is 4.90 Å². The van der Waals surface area contributed by atoms with Crippen molar-refractivity contribution in [1.82, 2.24) is 9.80 Å². The maximum Gasteiger partial charge on any atom is 0.230 e. The van der Waals surface area contributed by atoms with E-state index < -0.39 is 0 Å². The third-order valence-electron chi connectivity index (χ3n) is 4.73. The number of nitrogens with two attached hydrogens (primary N) is 1. The van der Waals surface area contributed by atoms with E-state index in [4.69, 9.17) is 5.73 Å². The molecular weight excluding hydrogens is 226 g/mol. The molecule has 0 radical (unpaired) electrons. The van der Waals surface area contributed by atoms with E-state index in [9.17, 15) is 4.79 Å². The number of hydrogen-bond donors (Lipinski definition) is 1. The van der Waals surface area contributed by atoms with Gasteiger partial charge in [-0.3, -0.25) is 9.69 Å². The van der Waals surface area contributed by atoms with E-state index >= 15 is 0 Å². The quantitative estimate of drug-likeness (QED) is 0.805. The predicted molar refractivity (Wildman–Crippen MR) is 75.4 cm³/mol. The molecule has 0 bridgehead atoms. The lowest BCUT2D eigenvalue weighted by Crippen LogP contribution is -2.57. The van der Waals surface area contributed by atoms with Gasteiger partial charge in [0.15, 0.2) is 0 Å². The molecule has 106 valence electrons. The van der Waals surface area contributed by atoms with Gasteiger partial charge in [-0.2, -0.15) is 0 Å². The summed E-state index contributed by atoms with van der Waals surface area (Å²) in [6.45, 7) is 9.45. The van der Waals surface area contributed by atoms with Crippen molar-refractivity contribution >= 4 is 5.91 Å². The van der Waals surface area contributed by atoms with Gasteiger partial charge in [0.05, 0.1) is 5.41 Å². The van der Waals surface area contributed by atoms with Crippen LogP contribution in [0.15, 0.2) is 0 Å². The molecule has 1 atom stereocenters. The van der Waals surface area contributed by atoms with Crippen LogP contribution >= 0.6 is 0 Å². The lowest BCUT2D eigenvalue weighted by molar-refractivity contribution is -0.145. The van der Waals surface area contributed by atoms with Crippen molar-refractivity contribution in [1.29, 1.82) is 0 Å². The van der Waals surface area contributed by atoms with Gasteiger partial charge >= 0.3 is 0 Å². The normalized spacial score (nSPS) is 22.3. The summed E-state index contributed by atoms with van der Waals surface area (Å²) in [5, 5.41) is 0. The average molecular weight is 255 g/mol. The van der Waals surface area contributed by atoms with E-state index in [0.717, 1.165) is 38.9 Å². The fourth-order valence-corrected chi connectivity index (χ4v) is 2.84. The molecule has 0 aromatic heterocycles. The summed E-state index contributed by atoms with van der Waals surface area (Å²) in [7, 11) is 2.14. The highest BCUT2D eigenvalue weighted by Gasteiger charge is 2.38. The number of rotatable bonds is 5. The SMILES string of the molecule is CCC1CN(C(=O)C(CC)(CC)CN)CCN1C. The second kappa shape index (κ2) is 6.53. The van der Waals surface area contributed by atoms with Crippen molar-refractivity contribution in [2.45, 2.75) is 46.1 Å². The van der Waals surface area contributed by atoms with Gasteiger partial charge in [0, 0.05) is 32.2 Å². The first-order valence-electron chi connectivity index (χ1n) is 7.24. The predicted octanol–water partition coefficient (Wildman–Crippen LogP) is 1.30. The van der Waals surface area contributed by atoms with E-state index in [1.165, 1.54) is 0 Å². The van der Waals surface area contributed by atoms with Crippen LogP contribution in [0.3, 0.4) is 0 Å². The largest absolute Gasteiger partial charge is 0.339 e. The minimum atomic E-state index is -0.339. The Morgan fingerprint density at radius 1 is 1.28 bits per heavy atom. The maximum absolute atomic E-state index is 12.7. The lowest BCUT2D eigenvalue weighted by atomic mass is 9.80. The van der Waals surface area contributed by atoms with Crippen LogP contribution in [0.25, 0.3) is 0 Å². The molecule has 0 aromatic rings. The molecule has 1 amide bonds. The molecule has 18 heavy (non-hydrogen) atoms. The van der Waals surface area contributed by atoms with E-state index in [0.29, 0.717) is 12.6 Å². The highest BCUT2D eigenvalue weighted by Crippen LogP contribution is 2.29. The fourth-order valence-electron chi connectivity index (χ4n) is 2.84. The summed E-state index contributed by atoms with van der Waals surface area (Å²) in [6.07, 6.45) is 2.76. The zero-order valence-corrected chi connectivity index (χ0v) is 12.4. The molecule has 4 nitrogen and oxygen atoms in total. The molecule has 1 aliphatic heterocycles. The van der Waals surface area contributed by atoms with Crippen molar-refractivity contribution in [3.05, 3.63) is 0 Å². The van der Waals surface area contributed by atoms with E-state index in [2.05, 4.69) is 32.7 Å². The van der Waals surface area contributed by atoms with Gasteiger partial charge in [0.1, 0.15) is 0 Å². The van der Waals surface area contributed by atoms with Crippen LogP contribution in [0, 0.1) is 5.41 Å². The molecule has 1 rings (SSSR count). The minimum Gasteiger partial charge on any atom is -0.339 e. The van der Waals surface area contributed by atoms with Crippen LogP contribution in [-0.2, 0) is 4.79 Å². The fraction of sp³-hybridized carbons (Fsp3) is 0.929. The van der Waals surface area contributed by atoms with E-state index in [-0.39, 0.29) is 11.3 Å². The van der Waals surface area contributed by atoms with Crippen LogP contribution < -0.4 is 5.73 Å². The Labute approximate surface area is 111 Å². The van der Waals surface area contributed by atoms with Gasteiger partial charge in [-0.25, -0.2) is 0 Å². The molecule has 0 saturated carbocycles. The molecule has 0 aromatic carbocycles. The number of nitrogens with zero attached hydrogens (tertiary/aromatic N) is 2. The Morgan fingerprint density at radius 2 is 1.89 bits per heavy atom. The first-order chi connectivity index (χ1) is 8.54. The summed E-state index contributed by atoms with van der Waals surface area (Å²) in [5.41, 5.74) is 5.53. The van der Waals surface area contributed by atoms with Gasteiger partial charge in [-0.05, 0) is 26.3 Å². The highest BCUT2D eigenvalue weighted by atomic mass is 16.2. The first kappa shape index (κ1) is 15.4. The summed E-state index contributed by atoms with van der Waals surface area (Å²) >= 11 is 0. The average Bonchev–Trinajstić information content (AvgIpc) is 2.41. The number of likely N-dealkylation sites (N-methyl/N-ethyl adjacent to an activating group) is 1. The molecule has 1 aliphatic rings. The van der Waals surface area contributed by atoms with E-state index in [1.54, 1.807) is 0 Å². The molecule has 4 heteroatoms. The van der Waals surface area contributed by atoms with Crippen molar-refractivity contribution in [2.24, 2.45) is 11.1 Å². The third-order valence-corrected chi connectivity index (χ3v) is 4.73. The summed E-state index contributed by atoms with van der Waals surface area (Å²) in [5.74, 6) is 0.265. The number of amides is 1. The van der Waals surface area contributed by atoms with Gasteiger partial charge in [0.2, 0.25) is 5.91 Å². The van der Waals surface area contributed by atoms with Gasteiger partial charge < -0.3 is 10.6 Å². The van der Waals surface area contributed by atoms with Crippen LogP contribution in [-0.4, -0.2) is 55.0 Å². The Bertz CT molecular complexity index is 268. The standard InChI is InChI=1S/C14H29N3O/c1-5-12-10-17(9-8-16(12)4)13(18)14(6-2,7-3)11-15/h12H,5-11,15H2,1-4H3. The molecule has 1 fully saturated rings. The second-order valence-corrected chi connectivity index (χ2v) is 5.49. The van der Waals surface area contributed by atoms with Gasteiger partial charge in [-0.1, -0.05) is 20.8 Å². The Kier molecular flexibility index (Phi) is 5.60. The van der Waals surface area contributed by atoms with Crippen molar-refractivity contribution in [2.75, 3.05) is 33.2 Å². The minimum absolute atomic E-state index is 0.265. The van der Waals surface area contributed by atoms with Crippen molar-refractivity contribution in [3.63, 3.8) is 0 Å². The molecule has 0 aliphatic carbocycles. The van der Waals surface area contributed by atoms with Crippen molar-refractivity contribution < 1.29 is 4.79 Å². The lowest BCUT2D eigenvalue weighted by Gasteiger charge is -2.43. The molecule has 2 N–H and O–H groups in total.